The van der Waals surface area contributed by atoms with Crippen molar-refractivity contribution in [2.75, 3.05) is 19.0 Å². The van der Waals surface area contributed by atoms with E-state index in [1.54, 1.807) is 30.0 Å². The second-order valence-electron chi connectivity index (χ2n) is 6.39. The fourth-order valence-electron chi connectivity index (χ4n) is 2.82. The van der Waals surface area contributed by atoms with E-state index in [2.05, 4.69) is 5.32 Å². The van der Waals surface area contributed by atoms with E-state index in [0.29, 0.717) is 10.6 Å². The first kappa shape index (κ1) is 20.7. The Balaban J connectivity index is 1.48. The van der Waals surface area contributed by atoms with Crippen LogP contribution in [0.15, 0.2) is 53.4 Å². The molecule has 148 valence electrons. The number of esters is 1. The average Bonchev–Trinajstić information content (AvgIpc) is 3.24. The minimum absolute atomic E-state index is 0.227. The number of halogens is 1. The summed E-state index contributed by atoms with van der Waals surface area (Å²) in [6, 6.07) is 14.5. The van der Waals surface area contributed by atoms with Gasteiger partial charge in [0.05, 0.1) is 11.7 Å². The number of hydrogen-bond acceptors (Lipinski definition) is 5. The van der Waals surface area contributed by atoms with Crippen molar-refractivity contribution in [2.24, 2.45) is 0 Å². The molecule has 1 saturated heterocycles. The molecule has 28 heavy (non-hydrogen) atoms. The predicted octanol–water partition coefficient (Wildman–Crippen LogP) is 4.08. The number of nitrogens with one attached hydrogen (secondary N) is 1. The topological polar surface area (TPSA) is 64.6 Å². The zero-order valence-electron chi connectivity index (χ0n) is 15.4. The number of ether oxygens (including phenoxy) is 2. The molecule has 1 aliphatic heterocycles. The van der Waals surface area contributed by atoms with Crippen LogP contribution in [0.4, 0.5) is 0 Å². The Morgan fingerprint density at radius 3 is 2.75 bits per heavy atom. The van der Waals surface area contributed by atoms with Crippen LogP contribution in [0.3, 0.4) is 0 Å². The van der Waals surface area contributed by atoms with Crippen LogP contribution in [0.25, 0.3) is 0 Å². The summed E-state index contributed by atoms with van der Waals surface area (Å²) in [5.41, 5.74) is 1.27. The molecule has 1 fully saturated rings. The molecular formula is C21H22ClNO4S. The SMILES string of the molecule is O=C(COC(=O)c1ccccc1SC[C@H]1CCCO1)NCc1ccccc1Cl. The Labute approximate surface area is 173 Å². The van der Waals surface area contributed by atoms with Gasteiger partial charge in [-0.1, -0.05) is 41.9 Å². The molecule has 5 nitrogen and oxygen atoms in total. The number of carbonyl (C=O) groups excluding carboxylic acids is 2. The molecule has 0 spiro atoms. The van der Waals surface area contributed by atoms with E-state index in [-0.39, 0.29) is 25.2 Å². The van der Waals surface area contributed by atoms with Crippen LogP contribution in [0.2, 0.25) is 5.02 Å². The van der Waals surface area contributed by atoms with Crippen LogP contribution in [0, 0.1) is 0 Å². The van der Waals surface area contributed by atoms with E-state index in [4.69, 9.17) is 21.1 Å². The van der Waals surface area contributed by atoms with Crippen molar-refractivity contribution in [3.05, 3.63) is 64.7 Å². The monoisotopic (exact) mass is 419 g/mol. The zero-order valence-corrected chi connectivity index (χ0v) is 16.9. The first-order valence-corrected chi connectivity index (χ1v) is 10.5. The van der Waals surface area contributed by atoms with Gasteiger partial charge in [-0.2, -0.15) is 0 Å². The Kier molecular flexibility index (Phi) is 7.77. The largest absolute Gasteiger partial charge is 0.452 e. The summed E-state index contributed by atoms with van der Waals surface area (Å²) in [5.74, 6) is -0.0936. The van der Waals surface area contributed by atoms with E-state index < -0.39 is 5.97 Å². The van der Waals surface area contributed by atoms with Crippen LogP contribution in [0.1, 0.15) is 28.8 Å². The minimum atomic E-state index is -0.511. The second kappa shape index (κ2) is 10.5. The van der Waals surface area contributed by atoms with Crippen molar-refractivity contribution in [1.29, 1.82) is 0 Å². The molecule has 1 aliphatic rings. The average molecular weight is 420 g/mol. The number of hydrogen-bond donors (Lipinski definition) is 1. The summed E-state index contributed by atoms with van der Waals surface area (Å²) in [4.78, 5) is 25.3. The van der Waals surface area contributed by atoms with Gasteiger partial charge in [0.1, 0.15) is 0 Å². The van der Waals surface area contributed by atoms with Crippen molar-refractivity contribution in [1.82, 2.24) is 5.32 Å². The maximum absolute atomic E-state index is 12.4. The number of rotatable bonds is 8. The quantitative estimate of drug-likeness (QED) is 0.515. The maximum atomic E-state index is 12.4. The van der Waals surface area contributed by atoms with Gasteiger partial charge < -0.3 is 14.8 Å². The number of carbonyl (C=O) groups is 2. The molecule has 0 bridgehead atoms. The van der Waals surface area contributed by atoms with Crippen molar-refractivity contribution < 1.29 is 19.1 Å². The highest BCUT2D eigenvalue weighted by Gasteiger charge is 2.19. The van der Waals surface area contributed by atoms with Crippen molar-refractivity contribution in [2.45, 2.75) is 30.4 Å². The van der Waals surface area contributed by atoms with E-state index in [9.17, 15) is 9.59 Å². The van der Waals surface area contributed by atoms with Gasteiger partial charge in [-0.05, 0) is 36.6 Å². The van der Waals surface area contributed by atoms with E-state index >= 15 is 0 Å². The Morgan fingerprint density at radius 2 is 1.96 bits per heavy atom. The van der Waals surface area contributed by atoms with E-state index in [0.717, 1.165) is 35.7 Å². The van der Waals surface area contributed by atoms with E-state index in [1.807, 2.05) is 30.3 Å². The number of benzene rings is 2. The molecule has 0 unspecified atom stereocenters. The molecule has 1 heterocycles. The first-order valence-electron chi connectivity index (χ1n) is 9.14. The van der Waals surface area contributed by atoms with Crippen LogP contribution < -0.4 is 5.32 Å². The Hall–Kier alpha value is -2.02. The van der Waals surface area contributed by atoms with Crippen molar-refractivity contribution >= 4 is 35.2 Å². The molecule has 3 rings (SSSR count). The predicted molar refractivity (Wildman–Crippen MR) is 110 cm³/mol. The third-order valence-corrected chi connectivity index (χ3v) is 5.90. The molecule has 1 N–H and O–H groups in total. The summed E-state index contributed by atoms with van der Waals surface area (Å²) in [6.45, 7) is 0.746. The standard InChI is InChI=1S/C21H22ClNO4S/c22-18-9-3-1-6-15(18)12-23-20(24)13-27-21(25)17-8-2-4-10-19(17)28-14-16-7-5-11-26-16/h1-4,6,8-10,16H,5,7,11-14H2,(H,23,24)/t16-/m1/s1. The lowest BCUT2D eigenvalue weighted by Gasteiger charge is -2.12. The first-order chi connectivity index (χ1) is 13.6. The molecule has 1 amide bonds. The number of thioether (sulfide) groups is 1. The van der Waals surface area contributed by atoms with Gasteiger partial charge >= 0.3 is 5.97 Å². The highest BCUT2D eigenvalue weighted by atomic mass is 35.5. The molecule has 2 aromatic carbocycles. The molecular weight excluding hydrogens is 398 g/mol. The third-order valence-electron chi connectivity index (χ3n) is 4.32. The summed E-state index contributed by atoms with van der Waals surface area (Å²) in [5, 5.41) is 3.28. The molecule has 7 heteroatoms. The molecule has 2 aromatic rings. The lowest BCUT2D eigenvalue weighted by molar-refractivity contribution is -0.124. The van der Waals surface area contributed by atoms with Crippen molar-refractivity contribution in [3.63, 3.8) is 0 Å². The van der Waals surface area contributed by atoms with Gasteiger partial charge in [0.2, 0.25) is 0 Å². The van der Waals surface area contributed by atoms with Gasteiger partial charge in [-0.15, -0.1) is 11.8 Å². The fourth-order valence-corrected chi connectivity index (χ4v) is 4.13. The zero-order chi connectivity index (χ0) is 19.8. The van der Waals surface area contributed by atoms with Gasteiger partial charge in [0.25, 0.3) is 5.91 Å². The van der Waals surface area contributed by atoms with Crippen LogP contribution in [0.5, 0.6) is 0 Å². The molecule has 0 saturated carbocycles. The Morgan fingerprint density at radius 1 is 1.18 bits per heavy atom. The minimum Gasteiger partial charge on any atom is -0.452 e. The fraction of sp³-hybridized carbons (Fsp3) is 0.333. The molecule has 0 aliphatic carbocycles. The summed E-state index contributed by atoms with van der Waals surface area (Å²) >= 11 is 7.64. The van der Waals surface area contributed by atoms with Gasteiger partial charge in [-0.3, -0.25) is 4.79 Å². The van der Waals surface area contributed by atoms with Crippen LogP contribution in [-0.2, 0) is 20.8 Å². The molecule has 0 radical (unpaired) electrons. The van der Waals surface area contributed by atoms with Gasteiger partial charge in [0.15, 0.2) is 6.61 Å². The van der Waals surface area contributed by atoms with E-state index in [1.165, 1.54) is 0 Å². The van der Waals surface area contributed by atoms with Crippen molar-refractivity contribution in [3.8, 4) is 0 Å². The highest BCUT2D eigenvalue weighted by molar-refractivity contribution is 7.99. The van der Waals surface area contributed by atoms with Gasteiger partial charge in [0, 0.05) is 28.8 Å². The maximum Gasteiger partial charge on any atom is 0.339 e. The lowest BCUT2D eigenvalue weighted by Crippen LogP contribution is -2.28. The normalized spacial score (nSPS) is 16.0. The third kappa shape index (κ3) is 5.99. The highest BCUT2D eigenvalue weighted by Crippen LogP contribution is 2.27. The molecule has 0 aromatic heterocycles. The second-order valence-corrected chi connectivity index (χ2v) is 7.86. The summed E-state index contributed by atoms with van der Waals surface area (Å²) in [7, 11) is 0. The van der Waals surface area contributed by atoms with Gasteiger partial charge in [-0.25, -0.2) is 4.79 Å². The molecule has 1 atom stereocenters. The van der Waals surface area contributed by atoms with Crippen LogP contribution >= 0.6 is 23.4 Å². The smallest absolute Gasteiger partial charge is 0.339 e. The number of amides is 1. The lowest BCUT2D eigenvalue weighted by atomic mass is 10.2. The summed E-state index contributed by atoms with van der Waals surface area (Å²) < 4.78 is 10.8. The summed E-state index contributed by atoms with van der Waals surface area (Å²) in [6.07, 6.45) is 2.35. The van der Waals surface area contributed by atoms with Crippen LogP contribution in [-0.4, -0.2) is 36.9 Å². The Bertz CT molecular complexity index is 824.